The highest BCUT2D eigenvalue weighted by Gasteiger charge is 2.15. The lowest BCUT2D eigenvalue weighted by atomic mass is 10.1. The molecule has 8 nitrogen and oxygen atoms in total. The molecular weight excluding hydrogens is 426 g/mol. The van der Waals surface area contributed by atoms with Crippen LogP contribution >= 0.6 is 23.4 Å². The van der Waals surface area contributed by atoms with Gasteiger partial charge in [-0.15, -0.1) is 10.2 Å². The Balaban J connectivity index is 1.56. The van der Waals surface area contributed by atoms with E-state index >= 15 is 0 Å². The molecule has 0 aliphatic carbocycles. The highest BCUT2D eigenvalue weighted by molar-refractivity contribution is 7.99. The Morgan fingerprint density at radius 2 is 1.87 bits per heavy atom. The topological polar surface area (TPSA) is 98.1 Å². The second kappa shape index (κ2) is 9.64. The third-order valence-electron chi connectivity index (χ3n) is 4.20. The average molecular weight is 446 g/mol. The molecule has 1 heterocycles. The van der Waals surface area contributed by atoms with E-state index in [4.69, 9.17) is 16.3 Å². The quantitative estimate of drug-likeness (QED) is 0.447. The third-order valence-corrected chi connectivity index (χ3v) is 5.45. The Kier molecular flexibility index (Phi) is 6.96. The van der Waals surface area contributed by atoms with Crippen molar-refractivity contribution in [3.05, 3.63) is 58.6 Å². The molecule has 0 spiro atoms. The highest BCUT2D eigenvalue weighted by Crippen LogP contribution is 2.23. The summed E-state index contributed by atoms with van der Waals surface area (Å²) in [6.45, 7) is 2.02. The maximum absolute atomic E-state index is 12.3. The standard InChI is InChI=1S/C20H20ClN5O3S/c1-12-4-6-13(7-5-12)18-23-25-20(26(18)2)30-11-17(27)22-24-19(28)15-10-14(21)8-9-16(15)29-3/h4-10H,11H2,1-3H3,(H,22,27)(H,24,28). The van der Waals surface area contributed by atoms with E-state index in [2.05, 4.69) is 21.0 Å². The minimum Gasteiger partial charge on any atom is -0.496 e. The van der Waals surface area contributed by atoms with Gasteiger partial charge in [0.2, 0.25) is 5.91 Å². The van der Waals surface area contributed by atoms with Gasteiger partial charge in [-0.2, -0.15) is 0 Å². The second-order valence-corrected chi connectivity index (χ2v) is 7.75. The normalized spacial score (nSPS) is 10.5. The molecule has 156 valence electrons. The SMILES string of the molecule is COc1ccc(Cl)cc1C(=O)NNC(=O)CSc1nnc(-c2ccc(C)cc2)n1C. The first-order valence-electron chi connectivity index (χ1n) is 8.91. The lowest BCUT2D eigenvalue weighted by Crippen LogP contribution is -2.42. The number of hydrazine groups is 1. The second-order valence-electron chi connectivity index (χ2n) is 6.37. The molecule has 30 heavy (non-hydrogen) atoms. The molecule has 0 bridgehead atoms. The van der Waals surface area contributed by atoms with Crippen molar-refractivity contribution < 1.29 is 14.3 Å². The van der Waals surface area contributed by atoms with Gasteiger partial charge < -0.3 is 9.30 Å². The first kappa shape index (κ1) is 21.7. The third kappa shape index (κ3) is 5.11. The zero-order valence-electron chi connectivity index (χ0n) is 16.6. The van der Waals surface area contributed by atoms with Gasteiger partial charge in [0.25, 0.3) is 5.91 Å². The van der Waals surface area contributed by atoms with E-state index in [1.54, 1.807) is 12.1 Å². The van der Waals surface area contributed by atoms with Crippen LogP contribution in [-0.2, 0) is 11.8 Å². The first-order valence-corrected chi connectivity index (χ1v) is 10.3. The summed E-state index contributed by atoms with van der Waals surface area (Å²) in [7, 11) is 3.28. The summed E-state index contributed by atoms with van der Waals surface area (Å²) in [5.41, 5.74) is 7.04. The molecule has 0 aliphatic rings. The van der Waals surface area contributed by atoms with Gasteiger partial charge >= 0.3 is 0 Å². The van der Waals surface area contributed by atoms with Crippen molar-refractivity contribution in [1.29, 1.82) is 0 Å². The van der Waals surface area contributed by atoms with Crippen molar-refractivity contribution in [2.24, 2.45) is 7.05 Å². The van der Waals surface area contributed by atoms with Crippen LogP contribution < -0.4 is 15.6 Å². The Labute approximate surface area is 182 Å². The summed E-state index contributed by atoms with van der Waals surface area (Å²) in [5, 5.41) is 9.31. The molecule has 10 heteroatoms. The van der Waals surface area contributed by atoms with Crippen molar-refractivity contribution in [1.82, 2.24) is 25.6 Å². The number of ether oxygens (including phenoxy) is 1. The van der Waals surface area contributed by atoms with Crippen LogP contribution in [0.2, 0.25) is 5.02 Å². The molecule has 3 rings (SSSR count). The molecule has 0 saturated heterocycles. The van der Waals surface area contributed by atoms with Crippen molar-refractivity contribution in [3.63, 3.8) is 0 Å². The number of thioether (sulfide) groups is 1. The van der Waals surface area contributed by atoms with Gasteiger partial charge in [-0.25, -0.2) is 0 Å². The Hall–Kier alpha value is -3.04. The number of hydrogen-bond donors (Lipinski definition) is 2. The highest BCUT2D eigenvalue weighted by atomic mass is 35.5. The van der Waals surface area contributed by atoms with E-state index in [1.165, 1.54) is 24.9 Å². The van der Waals surface area contributed by atoms with Gasteiger partial charge in [0.05, 0.1) is 18.4 Å². The molecule has 1 aromatic heterocycles. The number of carbonyl (C=O) groups is 2. The zero-order chi connectivity index (χ0) is 21.7. The van der Waals surface area contributed by atoms with Gasteiger partial charge in [-0.3, -0.25) is 20.4 Å². The number of methoxy groups -OCH3 is 1. The molecule has 3 aromatic rings. The van der Waals surface area contributed by atoms with Gasteiger partial charge in [0.1, 0.15) is 5.75 Å². The first-order chi connectivity index (χ1) is 14.4. The summed E-state index contributed by atoms with van der Waals surface area (Å²) in [5.74, 6) is 0.178. The number of nitrogens with one attached hydrogen (secondary N) is 2. The van der Waals surface area contributed by atoms with Crippen molar-refractivity contribution in [2.45, 2.75) is 12.1 Å². The van der Waals surface area contributed by atoms with Gasteiger partial charge in [0, 0.05) is 17.6 Å². The van der Waals surface area contributed by atoms with Crippen LogP contribution in [0, 0.1) is 6.92 Å². The van der Waals surface area contributed by atoms with Crippen LogP contribution in [0.3, 0.4) is 0 Å². The van der Waals surface area contributed by atoms with Gasteiger partial charge in [-0.05, 0) is 25.1 Å². The summed E-state index contributed by atoms with van der Waals surface area (Å²) >= 11 is 7.14. The molecule has 0 atom stereocenters. The molecule has 2 N–H and O–H groups in total. The summed E-state index contributed by atoms with van der Waals surface area (Å²) in [6.07, 6.45) is 0. The Morgan fingerprint density at radius 1 is 1.13 bits per heavy atom. The minimum atomic E-state index is -0.534. The molecule has 0 fully saturated rings. The molecule has 2 aromatic carbocycles. The predicted octanol–water partition coefficient (Wildman–Crippen LogP) is 3.01. The fourth-order valence-corrected chi connectivity index (χ4v) is 3.50. The molecule has 0 unspecified atom stereocenters. The molecular formula is C20H20ClN5O3S. The van der Waals surface area contributed by atoms with Crippen molar-refractivity contribution in [2.75, 3.05) is 12.9 Å². The molecule has 0 radical (unpaired) electrons. The molecule has 0 aliphatic heterocycles. The van der Waals surface area contributed by atoms with E-state index in [0.29, 0.717) is 21.8 Å². The number of carbonyl (C=O) groups excluding carboxylic acids is 2. The van der Waals surface area contributed by atoms with E-state index in [0.717, 1.165) is 11.1 Å². The number of aromatic nitrogens is 3. The number of hydrogen-bond acceptors (Lipinski definition) is 6. The minimum absolute atomic E-state index is 0.0484. The number of benzene rings is 2. The average Bonchev–Trinajstić information content (AvgIpc) is 3.11. The number of amides is 2. The monoisotopic (exact) mass is 445 g/mol. The van der Waals surface area contributed by atoms with Crippen LogP contribution in [0.15, 0.2) is 47.6 Å². The van der Waals surface area contributed by atoms with Crippen LogP contribution in [0.25, 0.3) is 11.4 Å². The van der Waals surface area contributed by atoms with Gasteiger partial charge in [0.15, 0.2) is 11.0 Å². The number of nitrogens with zero attached hydrogens (tertiary/aromatic N) is 3. The van der Waals surface area contributed by atoms with Gasteiger partial charge in [-0.1, -0.05) is 53.2 Å². The number of halogens is 1. The summed E-state index contributed by atoms with van der Waals surface area (Å²) < 4.78 is 6.96. The lowest BCUT2D eigenvalue weighted by molar-refractivity contribution is -0.119. The summed E-state index contributed by atoms with van der Waals surface area (Å²) in [6, 6.07) is 12.6. The van der Waals surface area contributed by atoms with Crippen LogP contribution in [0.5, 0.6) is 5.75 Å². The Bertz CT molecular complexity index is 1070. The zero-order valence-corrected chi connectivity index (χ0v) is 18.2. The fraction of sp³-hybridized carbons (Fsp3) is 0.200. The van der Waals surface area contributed by atoms with Crippen LogP contribution in [0.4, 0.5) is 0 Å². The van der Waals surface area contributed by atoms with Crippen molar-refractivity contribution >= 4 is 35.2 Å². The number of aryl methyl sites for hydroxylation is 1. The summed E-state index contributed by atoms with van der Waals surface area (Å²) in [4.78, 5) is 24.4. The smallest absolute Gasteiger partial charge is 0.273 e. The fourth-order valence-electron chi connectivity index (χ4n) is 2.61. The predicted molar refractivity (Wildman–Crippen MR) is 116 cm³/mol. The van der Waals surface area contributed by atoms with E-state index in [-0.39, 0.29) is 11.3 Å². The van der Waals surface area contributed by atoms with E-state index < -0.39 is 11.8 Å². The van der Waals surface area contributed by atoms with Crippen LogP contribution in [0.1, 0.15) is 15.9 Å². The maximum Gasteiger partial charge on any atom is 0.273 e. The Morgan fingerprint density at radius 3 is 2.57 bits per heavy atom. The maximum atomic E-state index is 12.3. The number of rotatable bonds is 6. The van der Waals surface area contributed by atoms with Crippen LogP contribution in [-0.4, -0.2) is 39.4 Å². The lowest BCUT2D eigenvalue weighted by Gasteiger charge is -2.10. The largest absolute Gasteiger partial charge is 0.496 e. The molecule has 2 amide bonds. The van der Waals surface area contributed by atoms with E-state index in [9.17, 15) is 9.59 Å². The van der Waals surface area contributed by atoms with E-state index in [1.807, 2.05) is 42.8 Å². The van der Waals surface area contributed by atoms with Crippen molar-refractivity contribution in [3.8, 4) is 17.1 Å². The molecule has 0 saturated carbocycles.